The monoisotopic (exact) mass is 1040 g/mol. The number of hydrogen-bond donors (Lipinski definition) is 3. The van der Waals surface area contributed by atoms with Gasteiger partial charge in [-0.05, 0) is 118 Å². The molecule has 0 unspecified atom stereocenters. The number of nitrogens with one attached hydrogen (secondary N) is 3. The Balaban J connectivity index is 0.000000133. The quantitative estimate of drug-likeness (QED) is 0.128. The lowest BCUT2D eigenvalue weighted by Gasteiger charge is -2.28. The number of amides is 3. The van der Waals surface area contributed by atoms with Gasteiger partial charge in [0.2, 0.25) is 5.91 Å². The summed E-state index contributed by atoms with van der Waals surface area (Å²) in [6.07, 6.45) is 12.6. The van der Waals surface area contributed by atoms with Crippen molar-refractivity contribution in [1.29, 1.82) is 0 Å². The number of pyridine rings is 4. The number of carbonyl (C=O) groups is 3. The molecule has 0 radical (unpaired) electrons. The molecule has 0 bridgehead atoms. The number of rotatable bonds is 9. The minimum Gasteiger partial charge on any atom is -0.305 e. The number of carbonyl (C=O) groups excluding carboxylic acids is 3. The molecule has 3 N–H and O–H groups in total. The highest BCUT2D eigenvalue weighted by Crippen LogP contribution is 2.29. The normalized spacial score (nSPS) is 13.3. The fraction of sp³-hybridized carbons (Fsp3) is 0.203. The summed E-state index contributed by atoms with van der Waals surface area (Å²) in [5.41, 5.74) is 4.87. The second-order valence-electron chi connectivity index (χ2n) is 18.5. The molecule has 0 saturated carbocycles. The van der Waals surface area contributed by atoms with E-state index in [2.05, 4.69) is 62.0 Å². The lowest BCUT2D eigenvalue weighted by atomic mass is 10.0. The van der Waals surface area contributed by atoms with Crippen LogP contribution in [0.15, 0.2) is 173 Å². The van der Waals surface area contributed by atoms with Crippen LogP contribution in [0.4, 0.5) is 17.5 Å². The van der Waals surface area contributed by atoms with Gasteiger partial charge in [-0.1, -0.05) is 72.8 Å². The van der Waals surface area contributed by atoms with Crippen LogP contribution in [0.1, 0.15) is 75.2 Å². The number of aromatic nitrogens is 10. The number of benzene rings is 2. The van der Waals surface area contributed by atoms with Gasteiger partial charge in [0.25, 0.3) is 28.5 Å². The highest BCUT2D eigenvalue weighted by atomic mass is 16.2. The third-order valence-corrected chi connectivity index (χ3v) is 13.3. The van der Waals surface area contributed by atoms with Gasteiger partial charge in [-0.2, -0.15) is 0 Å². The van der Waals surface area contributed by atoms with Crippen LogP contribution in [0, 0.1) is 0 Å². The molecular formula is C59H53N13O6. The molecule has 19 nitrogen and oxygen atoms in total. The first-order valence-electron chi connectivity index (χ1n) is 25.8. The average Bonchev–Trinajstić information content (AvgIpc) is 3.58. The first kappa shape index (κ1) is 51.6. The van der Waals surface area contributed by atoms with Crippen LogP contribution in [0.2, 0.25) is 0 Å². The number of fused-ring (bicyclic) bond motifs is 3. The van der Waals surface area contributed by atoms with Crippen molar-refractivity contribution in [3.63, 3.8) is 0 Å². The smallest absolute Gasteiger partial charge is 0.278 e. The maximum absolute atomic E-state index is 12.9. The molecule has 78 heavy (non-hydrogen) atoms. The molecule has 10 heterocycles. The van der Waals surface area contributed by atoms with Crippen LogP contribution in [-0.2, 0) is 30.5 Å². The zero-order valence-electron chi connectivity index (χ0n) is 42.4. The van der Waals surface area contributed by atoms with Crippen molar-refractivity contribution in [2.24, 2.45) is 0 Å². The standard InChI is InChI=1S/C22H22N4O2.C19H16N4O2.C18H15N5O2/c27-19(13-6-10-16-8-2-1-3-9-16)26-15-7-11-17-21(26)24-20(25-22(17)28)18-12-4-5-14-23-18;24-18-14-9-6-12-23(19(25)13-7-2-1-3-8-13)17(14)21-16(22-18)15-10-4-5-11-20-15;24-17-12-6-5-11-23(18(25)14-8-2-4-10-20-14)16(12)21-15(22-17)13-7-1-3-9-19-13/h1-5,8-9,12,14H,6-7,10-11,13,15H2,(H,24,25,28);1-5,7-8,10-11H,6,9,12H2,(H,21,22,24);1-4,7-10H,5-6,11H2,(H,21,22,24). The number of hydrogen-bond acceptors (Lipinski definition) is 13. The Morgan fingerprint density at radius 2 is 0.833 bits per heavy atom. The molecule has 390 valence electrons. The molecule has 19 heteroatoms. The summed E-state index contributed by atoms with van der Waals surface area (Å²) < 4.78 is 0. The first-order valence-corrected chi connectivity index (χ1v) is 25.8. The van der Waals surface area contributed by atoms with E-state index >= 15 is 0 Å². The number of H-pyrrole nitrogens is 3. The minimum absolute atomic E-state index is 0.0157. The summed E-state index contributed by atoms with van der Waals surface area (Å²) in [4.78, 5) is 120. The lowest BCUT2D eigenvalue weighted by Crippen LogP contribution is -2.39. The van der Waals surface area contributed by atoms with Crippen molar-refractivity contribution in [3.8, 4) is 34.6 Å². The van der Waals surface area contributed by atoms with Gasteiger partial charge in [-0.25, -0.2) is 15.0 Å². The van der Waals surface area contributed by atoms with Gasteiger partial charge >= 0.3 is 0 Å². The van der Waals surface area contributed by atoms with E-state index in [1.165, 1.54) is 10.5 Å². The fourth-order valence-electron chi connectivity index (χ4n) is 9.46. The van der Waals surface area contributed by atoms with Gasteiger partial charge in [0.15, 0.2) is 17.5 Å². The maximum Gasteiger partial charge on any atom is 0.278 e. The van der Waals surface area contributed by atoms with Crippen LogP contribution in [0.5, 0.6) is 0 Å². The summed E-state index contributed by atoms with van der Waals surface area (Å²) in [7, 11) is 0. The fourth-order valence-corrected chi connectivity index (χ4v) is 9.46. The highest BCUT2D eigenvalue weighted by molar-refractivity contribution is 6.06. The van der Waals surface area contributed by atoms with Gasteiger partial charge in [-0.15, -0.1) is 0 Å². The second kappa shape index (κ2) is 24.2. The van der Waals surface area contributed by atoms with Crippen molar-refractivity contribution < 1.29 is 14.4 Å². The SMILES string of the molecule is O=C(CCCc1ccccc1)N1CCCc2c1nc(-c1ccccn1)[nH]c2=O.O=C(c1ccccc1)N1CCCc2c1nc(-c1ccccn1)[nH]c2=O.O=C(c1ccccn1)N1CCCc2c1nc(-c1ccccn1)[nH]c2=O. The van der Waals surface area contributed by atoms with Crippen molar-refractivity contribution in [3.05, 3.63) is 223 Å². The molecule has 2 aromatic carbocycles. The lowest BCUT2D eigenvalue weighted by molar-refractivity contribution is -0.118. The Kier molecular flexibility index (Phi) is 16.0. The van der Waals surface area contributed by atoms with Gasteiger partial charge in [-0.3, -0.25) is 63.4 Å². The third-order valence-electron chi connectivity index (χ3n) is 13.3. The third kappa shape index (κ3) is 11.8. The van der Waals surface area contributed by atoms with Crippen LogP contribution in [-0.4, -0.2) is 87.2 Å². The van der Waals surface area contributed by atoms with Gasteiger partial charge in [0, 0.05) is 56.4 Å². The molecular weight excluding hydrogens is 987 g/mol. The summed E-state index contributed by atoms with van der Waals surface area (Å²) in [5, 5.41) is 0. The molecule has 0 atom stereocenters. The van der Waals surface area contributed by atoms with Crippen molar-refractivity contribution in [2.45, 2.75) is 57.8 Å². The molecule has 12 rings (SSSR count). The summed E-state index contributed by atoms with van der Waals surface area (Å²) in [5.74, 6) is 2.05. The van der Waals surface area contributed by atoms with Gasteiger partial charge in [0.1, 0.15) is 40.2 Å². The molecule has 0 fully saturated rings. The zero-order valence-corrected chi connectivity index (χ0v) is 42.4. The highest BCUT2D eigenvalue weighted by Gasteiger charge is 2.31. The average molecular weight is 1040 g/mol. The largest absolute Gasteiger partial charge is 0.305 e. The molecule has 9 aromatic rings. The molecule has 0 saturated heterocycles. The summed E-state index contributed by atoms with van der Waals surface area (Å²) in [6.45, 7) is 1.63. The molecule has 3 aliphatic rings. The van der Waals surface area contributed by atoms with E-state index in [1.807, 2.05) is 60.7 Å². The van der Waals surface area contributed by atoms with Gasteiger partial charge < -0.3 is 15.0 Å². The molecule has 3 amide bonds. The predicted molar refractivity (Wildman–Crippen MR) is 295 cm³/mol. The van der Waals surface area contributed by atoms with E-state index in [9.17, 15) is 28.8 Å². The predicted octanol–water partition coefficient (Wildman–Crippen LogP) is 7.38. The van der Waals surface area contributed by atoms with E-state index in [1.54, 1.807) is 95.3 Å². The number of aryl methyl sites for hydroxylation is 1. The first-order chi connectivity index (χ1) is 38.2. The summed E-state index contributed by atoms with van der Waals surface area (Å²) in [6, 6.07) is 40.6. The number of nitrogens with zero attached hydrogens (tertiary/aromatic N) is 10. The maximum atomic E-state index is 12.9. The van der Waals surface area contributed by atoms with E-state index in [0.29, 0.717) is 132 Å². The van der Waals surface area contributed by atoms with Crippen LogP contribution >= 0.6 is 0 Å². The molecule has 7 aromatic heterocycles. The second-order valence-corrected chi connectivity index (χ2v) is 18.5. The Labute approximate surface area is 447 Å². The topological polar surface area (TPSA) is 250 Å². The Bertz CT molecular complexity index is 3570. The minimum atomic E-state index is -0.258. The Morgan fingerprint density at radius 1 is 0.436 bits per heavy atom. The molecule has 0 spiro atoms. The number of aromatic amines is 3. The van der Waals surface area contributed by atoms with E-state index in [-0.39, 0.29) is 34.4 Å². The van der Waals surface area contributed by atoms with Gasteiger partial charge in [0.05, 0.1) is 16.7 Å². The summed E-state index contributed by atoms with van der Waals surface area (Å²) >= 11 is 0. The van der Waals surface area contributed by atoms with Crippen molar-refractivity contribution in [1.82, 2.24) is 49.8 Å². The van der Waals surface area contributed by atoms with Crippen LogP contribution in [0.25, 0.3) is 34.6 Å². The number of anilines is 3. The molecule has 3 aliphatic heterocycles. The Morgan fingerprint density at radius 3 is 1.27 bits per heavy atom. The van der Waals surface area contributed by atoms with E-state index in [0.717, 1.165) is 25.7 Å². The van der Waals surface area contributed by atoms with E-state index in [4.69, 9.17) is 0 Å². The Hall–Kier alpha value is -9.91. The molecule has 0 aliphatic carbocycles. The zero-order chi connectivity index (χ0) is 53.8. The van der Waals surface area contributed by atoms with Crippen molar-refractivity contribution >= 4 is 35.2 Å². The van der Waals surface area contributed by atoms with Crippen molar-refractivity contribution in [2.75, 3.05) is 34.3 Å². The van der Waals surface area contributed by atoms with E-state index < -0.39 is 0 Å². The van der Waals surface area contributed by atoms with Crippen LogP contribution < -0.4 is 31.4 Å². The van der Waals surface area contributed by atoms with Crippen LogP contribution in [0.3, 0.4) is 0 Å².